The summed E-state index contributed by atoms with van der Waals surface area (Å²) in [5.41, 5.74) is -0.267. The molecule has 0 fully saturated rings. The average Bonchev–Trinajstić information content (AvgIpc) is 2.25. The summed E-state index contributed by atoms with van der Waals surface area (Å²) in [5, 5.41) is 6.75. The molecule has 0 saturated heterocycles. The van der Waals surface area contributed by atoms with Crippen LogP contribution in [0.5, 0.6) is 0 Å². The summed E-state index contributed by atoms with van der Waals surface area (Å²) in [7, 11) is -4.11. The lowest BCUT2D eigenvalue weighted by molar-refractivity contribution is -0.159. The molecule has 0 radical (unpaired) electrons. The van der Waals surface area contributed by atoms with E-state index < -0.39 is 33.8 Å². The second-order valence-corrected chi connectivity index (χ2v) is 4.89. The van der Waals surface area contributed by atoms with Gasteiger partial charge in [0, 0.05) is 0 Å². The number of anilines is 1. The number of ether oxygens (including phenoxy) is 1. The van der Waals surface area contributed by atoms with Crippen LogP contribution in [0.2, 0.25) is 0 Å². The van der Waals surface area contributed by atoms with E-state index in [1.54, 1.807) is 0 Å². The molecule has 1 rings (SSSR count). The number of amides is 1. The fourth-order valence-electron chi connectivity index (χ4n) is 1.11. The molecule has 19 heavy (non-hydrogen) atoms. The molecule has 1 aromatic rings. The van der Waals surface area contributed by atoms with Crippen LogP contribution in [0.4, 0.5) is 23.7 Å². The van der Waals surface area contributed by atoms with Gasteiger partial charge in [0.2, 0.25) is 10.0 Å². The number of para-hydroxylation sites is 1. The van der Waals surface area contributed by atoms with Crippen molar-refractivity contribution in [1.29, 1.82) is 0 Å². The van der Waals surface area contributed by atoms with Gasteiger partial charge in [0.05, 0.1) is 5.69 Å². The first kappa shape index (κ1) is 15.2. The summed E-state index contributed by atoms with van der Waals surface area (Å²) < 4.78 is 61.6. The Bertz CT molecular complexity index is 571. The number of rotatable bonds is 3. The van der Waals surface area contributed by atoms with Crippen LogP contribution < -0.4 is 10.5 Å². The third-order valence-electron chi connectivity index (χ3n) is 1.80. The predicted molar refractivity (Wildman–Crippen MR) is 58.8 cm³/mol. The van der Waals surface area contributed by atoms with Gasteiger partial charge in [-0.3, -0.25) is 5.32 Å². The molecule has 0 spiro atoms. The van der Waals surface area contributed by atoms with E-state index in [2.05, 4.69) is 4.74 Å². The van der Waals surface area contributed by atoms with Gasteiger partial charge in [-0.2, -0.15) is 13.2 Å². The van der Waals surface area contributed by atoms with Crippen molar-refractivity contribution in [2.75, 3.05) is 11.9 Å². The summed E-state index contributed by atoms with van der Waals surface area (Å²) in [6.07, 6.45) is -6.11. The van der Waals surface area contributed by atoms with Crippen molar-refractivity contribution in [1.82, 2.24) is 0 Å². The van der Waals surface area contributed by atoms with Crippen molar-refractivity contribution in [3.63, 3.8) is 0 Å². The molecule has 0 heterocycles. The second kappa shape index (κ2) is 5.45. The maximum Gasteiger partial charge on any atom is 0.422 e. The van der Waals surface area contributed by atoms with Gasteiger partial charge in [0.25, 0.3) is 0 Å². The molecule has 106 valence electrons. The van der Waals surface area contributed by atoms with Crippen LogP contribution in [0.1, 0.15) is 0 Å². The van der Waals surface area contributed by atoms with Crippen LogP contribution in [-0.2, 0) is 14.8 Å². The summed E-state index contributed by atoms with van der Waals surface area (Å²) in [4.78, 5) is 10.6. The number of nitrogens with two attached hydrogens (primary N) is 1. The number of hydrogen-bond donors (Lipinski definition) is 2. The molecule has 1 amide bonds. The molecule has 3 N–H and O–H groups in total. The predicted octanol–water partition coefficient (Wildman–Crippen LogP) is 1.44. The Morgan fingerprint density at radius 3 is 2.42 bits per heavy atom. The Balaban J connectivity index is 2.81. The number of primary sulfonamides is 1. The quantitative estimate of drug-likeness (QED) is 0.882. The van der Waals surface area contributed by atoms with Crippen LogP contribution in [0, 0.1) is 0 Å². The first-order valence-corrected chi connectivity index (χ1v) is 6.26. The van der Waals surface area contributed by atoms with Crippen LogP contribution in [0.3, 0.4) is 0 Å². The number of halogens is 3. The zero-order valence-electron chi connectivity index (χ0n) is 9.27. The van der Waals surface area contributed by atoms with E-state index in [-0.39, 0.29) is 5.69 Å². The van der Waals surface area contributed by atoms with Crippen molar-refractivity contribution in [3.05, 3.63) is 24.3 Å². The molecule has 10 heteroatoms. The number of nitrogens with one attached hydrogen (secondary N) is 1. The molecule has 6 nitrogen and oxygen atoms in total. The van der Waals surface area contributed by atoms with Crippen molar-refractivity contribution >= 4 is 21.8 Å². The largest absolute Gasteiger partial charge is 0.440 e. The molecule has 0 aliphatic carbocycles. The summed E-state index contributed by atoms with van der Waals surface area (Å²) >= 11 is 0. The standard InChI is InChI=1S/C9H9F3N2O4S/c10-9(11,12)5-18-8(15)14-6-3-1-2-4-7(6)19(13,16)17/h1-4H,5H2,(H,14,15)(H2,13,16,17). The van der Waals surface area contributed by atoms with Gasteiger partial charge in [-0.15, -0.1) is 0 Å². The van der Waals surface area contributed by atoms with Gasteiger partial charge < -0.3 is 4.74 Å². The van der Waals surface area contributed by atoms with Crippen molar-refractivity contribution in [2.45, 2.75) is 11.1 Å². The third kappa shape index (κ3) is 5.14. The fourth-order valence-corrected chi connectivity index (χ4v) is 1.81. The number of carbonyl (C=O) groups is 1. The molecular weight excluding hydrogens is 289 g/mol. The van der Waals surface area contributed by atoms with E-state index in [0.29, 0.717) is 0 Å². The minimum absolute atomic E-state index is 0.267. The van der Waals surface area contributed by atoms with Crippen molar-refractivity contribution in [2.24, 2.45) is 5.14 Å². The van der Waals surface area contributed by atoms with Crippen molar-refractivity contribution < 1.29 is 31.1 Å². The molecule has 0 aromatic heterocycles. The van der Waals surface area contributed by atoms with Crippen LogP contribution >= 0.6 is 0 Å². The first-order chi connectivity index (χ1) is 8.59. The summed E-state index contributed by atoms with van der Waals surface area (Å²) in [6.45, 7) is -1.78. The van der Waals surface area contributed by atoms with Crippen LogP contribution in [-0.4, -0.2) is 27.3 Å². The molecule has 0 aliphatic heterocycles. The van der Waals surface area contributed by atoms with Gasteiger partial charge in [-0.05, 0) is 12.1 Å². The highest BCUT2D eigenvalue weighted by atomic mass is 32.2. The second-order valence-electron chi connectivity index (χ2n) is 3.36. The number of carbonyl (C=O) groups excluding carboxylic acids is 1. The Labute approximate surface area is 106 Å². The van der Waals surface area contributed by atoms with Crippen LogP contribution in [0.15, 0.2) is 29.2 Å². The Morgan fingerprint density at radius 2 is 1.89 bits per heavy atom. The highest BCUT2D eigenvalue weighted by molar-refractivity contribution is 7.89. The highest BCUT2D eigenvalue weighted by Crippen LogP contribution is 2.20. The topological polar surface area (TPSA) is 98.5 Å². The molecule has 0 unspecified atom stereocenters. The Kier molecular flexibility index (Phi) is 4.37. The highest BCUT2D eigenvalue weighted by Gasteiger charge is 2.29. The molecule has 1 aromatic carbocycles. The zero-order valence-corrected chi connectivity index (χ0v) is 10.1. The normalized spacial score (nSPS) is 12.0. The number of sulfonamides is 1. The van der Waals surface area contributed by atoms with Gasteiger partial charge in [-0.1, -0.05) is 12.1 Å². The van der Waals surface area contributed by atoms with E-state index in [1.165, 1.54) is 12.1 Å². The van der Waals surface area contributed by atoms with Gasteiger partial charge in [0.15, 0.2) is 6.61 Å². The lowest BCUT2D eigenvalue weighted by Crippen LogP contribution is -2.24. The van der Waals surface area contributed by atoms with Gasteiger partial charge in [0.1, 0.15) is 4.90 Å². The number of alkyl halides is 3. The number of hydrogen-bond acceptors (Lipinski definition) is 4. The van der Waals surface area contributed by atoms with E-state index in [1.807, 2.05) is 5.32 Å². The smallest absolute Gasteiger partial charge is 0.422 e. The monoisotopic (exact) mass is 298 g/mol. The first-order valence-electron chi connectivity index (χ1n) is 4.72. The molecule has 0 aliphatic rings. The Hall–Kier alpha value is -1.81. The van der Waals surface area contributed by atoms with Crippen LogP contribution in [0.25, 0.3) is 0 Å². The average molecular weight is 298 g/mol. The van der Waals surface area contributed by atoms with E-state index in [9.17, 15) is 26.4 Å². The lowest BCUT2D eigenvalue weighted by atomic mass is 10.3. The molecule has 0 saturated carbocycles. The minimum atomic E-state index is -4.67. The number of benzene rings is 1. The molecule has 0 atom stereocenters. The van der Waals surface area contributed by atoms with E-state index in [4.69, 9.17) is 5.14 Å². The minimum Gasteiger partial charge on any atom is -0.440 e. The van der Waals surface area contributed by atoms with Gasteiger partial charge in [-0.25, -0.2) is 18.4 Å². The maximum atomic E-state index is 11.8. The van der Waals surface area contributed by atoms with Crippen molar-refractivity contribution in [3.8, 4) is 0 Å². The third-order valence-corrected chi connectivity index (χ3v) is 2.77. The SMILES string of the molecule is NS(=O)(=O)c1ccccc1NC(=O)OCC(F)(F)F. The van der Waals surface area contributed by atoms with E-state index in [0.717, 1.165) is 12.1 Å². The fraction of sp³-hybridized carbons (Fsp3) is 0.222. The van der Waals surface area contributed by atoms with Gasteiger partial charge >= 0.3 is 12.3 Å². The zero-order chi connectivity index (χ0) is 14.7. The van der Waals surface area contributed by atoms with E-state index >= 15 is 0 Å². The molecule has 0 bridgehead atoms. The summed E-state index contributed by atoms with van der Waals surface area (Å²) in [5.74, 6) is 0. The Morgan fingerprint density at radius 1 is 1.32 bits per heavy atom. The maximum absolute atomic E-state index is 11.8. The molecular formula is C9H9F3N2O4S. The summed E-state index contributed by atoms with van der Waals surface area (Å²) in [6, 6.07) is 4.96. The lowest BCUT2D eigenvalue weighted by Gasteiger charge is -2.11.